The minimum absolute atomic E-state index is 0. The lowest BCUT2D eigenvalue weighted by atomic mass is 9.77. The normalized spacial score (nSPS) is 21.8. The van der Waals surface area contributed by atoms with E-state index in [0.717, 1.165) is 50.8 Å². The van der Waals surface area contributed by atoms with Gasteiger partial charge in [0.05, 0.1) is 5.60 Å². The number of likely N-dealkylation sites (N-methyl/N-ethyl adjacent to an activating group) is 1. The quantitative estimate of drug-likeness (QED) is 0.347. The van der Waals surface area contributed by atoms with E-state index in [-0.39, 0.29) is 42.5 Å². The monoisotopic (exact) mass is 627 g/mol. The van der Waals surface area contributed by atoms with Crippen LogP contribution in [0.1, 0.15) is 87.1 Å². The van der Waals surface area contributed by atoms with Crippen LogP contribution in [0.2, 0.25) is 0 Å². The SMILES string of the molecule is CCCCN1C(=O)[C@@H](CC2(O)CCCCC2)NC(=O)C12CCN(Cc1ccc(C(=O)NCCN(C)C)cc1)CC2.Cl.Cl. The van der Waals surface area contributed by atoms with Gasteiger partial charge in [-0.2, -0.15) is 0 Å². The summed E-state index contributed by atoms with van der Waals surface area (Å²) >= 11 is 0. The van der Waals surface area contributed by atoms with E-state index < -0.39 is 17.2 Å². The molecule has 0 radical (unpaired) electrons. The Bertz CT molecular complexity index is 1020. The molecule has 1 aromatic rings. The van der Waals surface area contributed by atoms with Crippen LogP contribution in [0.15, 0.2) is 24.3 Å². The van der Waals surface area contributed by atoms with Crippen molar-refractivity contribution in [2.24, 2.45) is 0 Å². The highest BCUT2D eigenvalue weighted by Gasteiger charge is 2.54. The second-order valence-corrected chi connectivity index (χ2v) is 12.4. The van der Waals surface area contributed by atoms with Gasteiger partial charge >= 0.3 is 0 Å². The zero-order chi connectivity index (χ0) is 28.8. The number of likely N-dealkylation sites (tertiary alicyclic amines) is 1. The molecule has 4 rings (SSSR count). The van der Waals surface area contributed by atoms with Crippen molar-refractivity contribution in [2.45, 2.75) is 94.9 Å². The summed E-state index contributed by atoms with van der Waals surface area (Å²) in [5, 5.41) is 17.1. The van der Waals surface area contributed by atoms with Gasteiger partial charge in [0, 0.05) is 51.3 Å². The highest BCUT2D eigenvalue weighted by atomic mass is 35.5. The fraction of sp³-hybridized carbons (Fsp3) is 0.710. The summed E-state index contributed by atoms with van der Waals surface area (Å²) in [7, 11) is 3.95. The first-order valence-corrected chi connectivity index (χ1v) is 15.2. The number of carbonyl (C=O) groups is 3. The molecule has 0 unspecified atom stereocenters. The summed E-state index contributed by atoms with van der Waals surface area (Å²) in [4.78, 5) is 46.1. The first-order valence-electron chi connectivity index (χ1n) is 15.2. The van der Waals surface area contributed by atoms with Crippen molar-refractivity contribution in [3.05, 3.63) is 35.4 Å². The predicted octanol–water partition coefficient (Wildman–Crippen LogP) is 3.37. The largest absolute Gasteiger partial charge is 0.390 e. The zero-order valence-electron chi connectivity index (χ0n) is 25.5. The van der Waals surface area contributed by atoms with Crippen molar-refractivity contribution >= 4 is 42.5 Å². The topological polar surface area (TPSA) is 105 Å². The predicted molar refractivity (Wildman–Crippen MR) is 170 cm³/mol. The van der Waals surface area contributed by atoms with E-state index >= 15 is 0 Å². The zero-order valence-corrected chi connectivity index (χ0v) is 27.2. The van der Waals surface area contributed by atoms with Crippen molar-refractivity contribution in [3.8, 4) is 0 Å². The molecule has 2 saturated heterocycles. The van der Waals surface area contributed by atoms with Crippen LogP contribution >= 0.6 is 24.8 Å². The number of piperazine rings is 1. The Hall–Kier alpha value is -1.91. The Balaban J connectivity index is 0.00000308. The maximum absolute atomic E-state index is 13.8. The van der Waals surface area contributed by atoms with Crippen molar-refractivity contribution < 1.29 is 19.5 Å². The molecule has 1 saturated carbocycles. The number of piperidine rings is 1. The van der Waals surface area contributed by atoms with Gasteiger partial charge in [-0.25, -0.2) is 0 Å². The summed E-state index contributed by atoms with van der Waals surface area (Å²) < 4.78 is 0. The number of unbranched alkanes of at least 4 members (excludes halogenated alkanes) is 1. The summed E-state index contributed by atoms with van der Waals surface area (Å²) in [6.45, 7) is 6.24. The number of hydrogen-bond acceptors (Lipinski definition) is 6. The lowest BCUT2D eigenvalue weighted by Crippen LogP contribution is -2.73. The van der Waals surface area contributed by atoms with Crippen LogP contribution in [0.4, 0.5) is 0 Å². The van der Waals surface area contributed by atoms with E-state index in [2.05, 4.69) is 22.5 Å². The summed E-state index contributed by atoms with van der Waals surface area (Å²) in [5.41, 5.74) is 0.0896. The molecular formula is C31H51Cl2N5O4. The second-order valence-electron chi connectivity index (χ2n) is 12.4. The van der Waals surface area contributed by atoms with Gasteiger partial charge in [0.1, 0.15) is 11.6 Å². The standard InChI is InChI=1S/C31H49N5O4.2ClH/c1-4-5-18-36-28(38)26(22-30(40)13-7-6-8-14-30)33-29(39)31(36)15-19-35(20-16-31)23-24-9-11-25(12-10-24)27(37)32-17-21-34(2)3;;/h9-12,26,40H,4-8,13-23H2,1-3H3,(H,32,37)(H,33,39);2*1H/t26-;;/m1../s1. The Morgan fingerprint density at radius 1 is 1.05 bits per heavy atom. The molecule has 0 aromatic heterocycles. The van der Waals surface area contributed by atoms with E-state index in [0.29, 0.717) is 63.8 Å². The van der Waals surface area contributed by atoms with Gasteiger partial charge < -0.3 is 25.5 Å². The molecule has 3 aliphatic rings. The third kappa shape index (κ3) is 8.82. The first kappa shape index (κ1) is 36.3. The summed E-state index contributed by atoms with van der Waals surface area (Å²) in [5.74, 6) is -0.154. The maximum Gasteiger partial charge on any atom is 0.251 e. The van der Waals surface area contributed by atoms with Gasteiger partial charge in [-0.05, 0) is 63.9 Å². The van der Waals surface area contributed by atoms with Gasteiger partial charge in [-0.3, -0.25) is 19.3 Å². The van der Waals surface area contributed by atoms with Crippen LogP contribution in [0, 0.1) is 0 Å². The maximum atomic E-state index is 13.8. The number of carbonyl (C=O) groups excluding carboxylic acids is 3. The third-order valence-corrected chi connectivity index (χ3v) is 9.06. The lowest BCUT2D eigenvalue weighted by Gasteiger charge is -2.52. The number of aliphatic hydroxyl groups is 1. The van der Waals surface area contributed by atoms with Gasteiger partial charge in [-0.1, -0.05) is 44.7 Å². The fourth-order valence-electron chi connectivity index (χ4n) is 6.54. The van der Waals surface area contributed by atoms with E-state index in [1.54, 1.807) is 0 Å². The first-order chi connectivity index (χ1) is 19.2. The van der Waals surface area contributed by atoms with Crippen LogP contribution in [-0.4, -0.2) is 102 Å². The molecule has 42 heavy (non-hydrogen) atoms. The van der Waals surface area contributed by atoms with E-state index in [9.17, 15) is 19.5 Å². The molecule has 9 nitrogen and oxygen atoms in total. The summed E-state index contributed by atoms with van der Waals surface area (Å²) in [6.07, 6.45) is 7.76. The van der Waals surface area contributed by atoms with E-state index in [4.69, 9.17) is 0 Å². The molecular weight excluding hydrogens is 577 g/mol. The Morgan fingerprint density at radius 2 is 1.69 bits per heavy atom. The molecule has 2 aliphatic heterocycles. The second kappa shape index (κ2) is 16.2. The highest BCUT2D eigenvalue weighted by molar-refractivity contribution is 6.00. The molecule has 0 bridgehead atoms. The van der Waals surface area contributed by atoms with Crippen molar-refractivity contribution in [1.29, 1.82) is 0 Å². The van der Waals surface area contributed by atoms with Gasteiger partial charge in [-0.15, -0.1) is 24.8 Å². The molecule has 2 heterocycles. The van der Waals surface area contributed by atoms with E-state index in [1.165, 1.54) is 0 Å². The van der Waals surface area contributed by atoms with Crippen LogP contribution in [0.25, 0.3) is 0 Å². The Kier molecular flexibility index (Phi) is 14.0. The van der Waals surface area contributed by atoms with Gasteiger partial charge in [0.25, 0.3) is 5.91 Å². The van der Waals surface area contributed by atoms with Gasteiger partial charge in [0.15, 0.2) is 0 Å². The van der Waals surface area contributed by atoms with Crippen LogP contribution < -0.4 is 10.6 Å². The Morgan fingerprint density at radius 3 is 2.29 bits per heavy atom. The molecule has 3 amide bonds. The number of rotatable bonds is 11. The average Bonchev–Trinajstić information content (AvgIpc) is 2.93. The van der Waals surface area contributed by atoms with Crippen molar-refractivity contribution in [1.82, 2.24) is 25.3 Å². The fourth-order valence-corrected chi connectivity index (χ4v) is 6.54. The van der Waals surface area contributed by atoms with Gasteiger partial charge in [0.2, 0.25) is 11.8 Å². The number of hydrogen-bond donors (Lipinski definition) is 3. The van der Waals surface area contributed by atoms with Crippen LogP contribution in [0.5, 0.6) is 0 Å². The third-order valence-electron chi connectivity index (χ3n) is 9.06. The molecule has 3 N–H and O–H groups in total. The van der Waals surface area contributed by atoms with Crippen LogP contribution in [-0.2, 0) is 16.1 Å². The molecule has 1 atom stereocenters. The van der Waals surface area contributed by atoms with Crippen LogP contribution in [0.3, 0.4) is 0 Å². The molecule has 11 heteroatoms. The highest BCUT2D eigenvalue weighted by Crippen LogP contribution is 2.37. The van der Waals surface area contributed by atoms with Crippen molar-refractivity contribution in [2.75, 3.05) is 46.8 Å². The smallest absolute Gasteiger partial charge is 0.251 e. The number of nitrogens with zero attached hydrogens (tertiary/aromatic N) is 3. The molecule has 1 aromatic carbocycles. The average molecular weight is 629 g/mol. The van der Waals surface area contributed by atoms with E-state index in [1.807, 2.05) is 48.2 Å². The number of nitrogens with one attached hydrogen (secondary N) is 2. The minimum Gasteiger partial charge on any atom is -0.390 e. The molecule has 1 spiro atoms. The summed E-state index contributed by atoms with van der Waals surface area (Å²) in [6, 6.07) is 7.08. The van der Waals surface area contributed by atoms with Crippen molar-refractivity contribution in [3.63, 3.8) is 0 Å². The molecule has 3 fully saturated rings. The molecule has 238 valence electrons. The number of halogens is 2. The number of benzene rings is 1. The Labute approximate surface area is 264 Å². The minimum atomic E-state index is -0.863. The lowest BCUT2D eigenvalue weighted by molar-refractivity contribution is -0.163. The number of amides is 3. The molecule has 1 aliphatic carbocycles.